The molecule has 20 heavy (non-hydrogen) atoms. The van der Waals surface area contributed by atoms with Crippen molar-refractivity contribution in [3.63, 3.8) is 0 Å². The van der Waals surface area contributed by atoms with Crippen LogP contribution in [0, 0.1) is 0 Å². The first kappa shape index (κ1) is 15.4. The topological polar surface area (TPSA) is 62.7 Å². The van der Waals surface area contributed by atoms with E-state index in [2.05, 4.69) is 20.9 Å². The second-order valence-corrected chi connectivity index (χ2v) is 5.60. The van der Waals surface area contributed by atoms with E-state index in [1.54, 1.807) is 12.1 Å². The van der Waals surface area contributed by atoms with Gasteiger partial charge in [-0.1, -0.05) is 6.07 Å². The van der Waals surface area contributed by atoms with Crippen molar-refractivity contribution in [2.24, 2.45) is 0 Å². The lowest BCUT2D eigenvalue weighted by molar-refractivity contribution is 0.00383. The van der Waals surface area contributed by atoms with E-state index in [9.17, 15) is 4.79 Å². The summed E-state index contributed by atoms with van der Waals surface area (Å²) in [7, 11) is 0. The minimum absolute atomic E-state index is 0.0277. The van der Waals surface area contributed by atoms with Crippen LogP contribution in [0.4, 0.5) is 0 Å². The van der Waals surface area contributed by atoms with Gasteiger partial charge in [0.05, 0.1) is 6.10 Å². The molecule has 6 heteroatoms. The van der Waals surface area contributed by atoms with Gasteiger partial charge in [0.2, 0.25) is 0 Å². The summed E-state index contributed by atoms with van der Waals surface area (Å²) in [4.78, 5) is 18.3. The van der Waals surface area contributed by atoms with Gasteiger partial charge in [-0.05, 0) is 47.3 Å². The summed E-state index contributed by atoms with van der Waals surface area (Å²) >= 11 is 3.28. The van der Waals surface area contributed by atoms with E-state index in [1.807, 2.05) is 11.0 Å². The van der Waals surface area contributed by atoms with Gasteiger partial charge in [-0.25, -0.2) is 4.98 Å². The molecule has 5 nitrogen and oxygen atoms in total. The Bertz CT molecular complexity index is 448. The number of carbonyl (C=O) groups is 1. The van der Waals surface area contributed by atoms with Gasteiger partial charge in [0.25, 0.3) is 5.91 Å². The number of pyridine rings is 1. The highest BCUT2D eigenvalue weighted by Gasteiger charge is 2.24. The number of nitrogens with zero attached hydrogens (tertiary/aromatic N) is 2. The molecular weight excluding hydrogens is 324 g/mol. The first-order chi connectivity index (χ1) is 9.70. The van der Waals surface area contributed by atoms with Gasteiger partial charge in [0, 0.05) is 26.3 Å². The largest absolute Gasteiger partial charge is 0.396 e. The normalized spacial score (nSPS) is 16.4. The molecule has 110 valence electrons. The average Bonchev–Trinajstić information content (AvgIpc) is 2.47. The van der Waals surface area contributed by atoms with E-state index in [0.29, 0.717) is 36.4 Å². The molecule has 1 aliphatic heterocycles. The van der Waals surface area contributed by atoms with Crippen LogP contribution in [0.25, 0.3) is 0 Å². The zero-order valence-corrected chi connectivity index (χ0v) is 12.9. The highest BCUT2D eigenvalue weighted by Crippen LogP contribution is 2.16. The summed E-state index contributed by atoms with van der Waals surface area (Å²) < 4.78 is 6.33. The predicted octanol–water partition coefficient (Wildman–Crippen LogP) is 1.85. The number of amides is 1. The molecule has 0 atom stereocenters. The van der Waals surface area contributed by atoms with Gasteiger partial charge in [0.15, 0.2) is 0 Å². The maximum atomic E-state index is 12.3. The highest BCUT2D eigenvalue weighted by atomic mass is 79.9. The SMILES string of the molecule is O=C(c1cccc(Br)n1)N1CCC(OCCCO)CC1. The summed E-state index contributed by atoms with van der Waals surface area (Å²) in [5.74, 6) is -0.0277. The Kier molecular flexibility index (Phi) is 5.94. The number of ether oxygens (including phenoxy) is 1. The second kappa shape index (κ2) is 7.71. The van der Waals surface area contributed by atoms with Crippen molar-refractivity contribution >= 4 is 21.8 Å². The molecule has 0 unspecified atom stereocenters. The summed E-state index contributed by atoms with van der Waals surface area (Å²) in [5, 5.41) is 8.72. The van der Waals surface area contributed by atoms with Gasteiger partial charge >= 0.3 is 0 Å². The predicted molar refractivity (Wildman–Crippen MR) is 78.5 cm³/mol. The first-order valence-corrected chi connectivity index (χ1v) is 7.64. The van der Waals surface area contributed by atoms with Crippen LogP contribution in [0.1, 0.15) is 29.8 Å². The van der Waals surface area contributed by atoms with E-state index in [1.165, 1.54) is 0 Å². The Hall–Kier alpha value is -0.980. The fourth-order valence-electron chi connectivity index (χ4n) is 2.23. The highest BCUT2D eigenvalue weighted by molar-refractivity contribution is 9.10. The molecular formula is C14H19BrN2O3. The molecule has 0 spiro atoms. The Labute approximate surface area is 127 Å². The molecule has 1 aromatic heterocycles. The van der Waals surface area contributed by atoms with Crippen LogP contribution < -0.4 is 0 Å². The van der Waals surface area contributed by atoms with E-state index in [0.717, 1.165) is 12.8 Å². The molecule has 1 N–H and O–H groups in total. The zero-order chi connectivity index (χ0) is 14.4. The molecule has 0 saturated carbocycles. The summed E-state index contributed by atoms with van der Waals surface area (Å²) in [5.41, 5.74) is 0.471. The van der Waals surface area contributed by atoms with E-state index in [4.69, 9.17) is 9.84 Å². The fourth-order valence-corrected chi connectivity index (χ4v) is 2.57. The minimum Gasteiger partial charge on any atom is -0.396 e. The minimum atomic E-state index is -0.0277. The number of aromatic nitrogens is 1. The van der Waals surface area contributed by atoms with E-state index >= 15 is 0 Å². The van der Waals surface area contributed by atoms with Crippen molar-refractivity contribution in [2.75, 3.05) is 26.3 Å². The third-order valence-electron chi connectivity index (χ3n) is 3.32. The molecule has 1 fully saturated rings. The Morgan fingerprint density at radius 3 is 2.85 bits per heavy atom. The van der Waals surface area contributed by atoms with Crippen molar-refractivity contribution in [2.45, 2.75) is 25.4 Å². The van der Waals surface area contributed by atoms with Crippen LogP contribution in [-0.4, -0.2) is 53.3 Å². The number of carbonyl (C=O) groups excluding carboxylic acids is 1. The van der Waals surface area contributed by atoms with Gasteiger partial charge in [-0.15, -0.1) is 0 Å². The molecule has 2 rings (SSSR count). The van der Waals surface area contributed by atoms with Crippen molar-refractivity contribution in [1.82, 2.24) is 9.88 Å². The van der Waals surface area contributed by atoms with E-state index < -0.39 is 0 Å². The third kappa shape index (κ3) is 4.26. The summed E-state index contributed by atoms with van der Waals surface area (Å²) in [6.07, 6.45) is 2.54. The Morgan fingerprint density at radius 1 is 1.45 bits per heavy atom. The molecule has 1 aliphatic rings. The number of halogens is 1. The second-order valence-electron chi connectivity index (χ2n) is 4.79. The summed E-state index contributed by atoms with van der Waals surface area (Å²) in [6, 6.07) is 5.35. The van der Waals surface area contributed by atoms with Crippen LogP contribution in [0.5, 0.6) is 0 Å². The van der Waals surface area contributed by atoms with Crippen molar-refractivity contribution < 1.29 is 14.6 Å². The maximum absolute atomic E-state index is 12.3. The number of likely N-dealkylation sites (tertiary alicyclic amines) is 1. The van der Waals surface area contributed by atoms with Crippen molar-refractivity contribution in [3.8, 4) is 0 Å². The lowest BCUT2D eigenvalue weighted by Crippen LogP contribution is -2.41. The number of piperidine rings is 1. The molecule has 2 heterocycles. The molecule has 0 aromatic carbocycles. The zero-order valence-electron chi connectivity index (χ0n) is 11.3. The van der Waals surface area contributed by atoms with Gasteiger partial charge in [-0.2, -0.15) is 0 Å². The molecule has 0 bridgehead atoms. The standard InChI is InChI=1S/C14H19BrN2O3/c15-13-4-1-3-12(16-13)14(19)17-7-5-11(6-8-17)20-10-2-9-18/h1,3-4,11,18H,2,5-10H2. The number of aliphatic hydroxyl groups is 1. The van der Waals surface area contributed by atoms with Crippen LogP contribution >= 0.6 is 15.9 Å². The van der Waals surface area contributed by atoms with Crippen LogP contribution in [0.2, 0.25) is 0 Å². The molecule has 1 saturated heterocycles. The van der Waals surface area contributed by atoms with Gasteiger partial charge in [0.1, 0.15) is 10.3 Å². The smallest absolute Gasteiger partial charge is 0.272 e. The lowest BCUT2D eigenvalue weighted by atomic mass is 10.1. The molecule has 1 amide bonds. The first-order valence-electron chi connectivity index (χ1n) is 6.85. The van der Waals surface area contributed by atoms with Crippen LogP contribution in [0.3, 0.4) is 0 Å². The van der Waals surface area contributed by atoms with Crippen molar-refractivity contribution in [1.29, 1.82) is 0 Å². The Balaban J connectivity index is 1.83. The lowest BCUT2D eigenvalue weighted by Gasteiger charge is -2.31. The molecule has 1 aromatic rings. The number of rotatable bonds is 5. The number of hydrogen-bond donors (Lipinski definition) is 1. The van der Waals surface area contributed by atoms with Crippen molar-refractivity contribution in [3.05, 3.63) is 28.5 Å². The average molecular weight is 343 g/mol. The number of hydrogen-bond acceptors (Lipinski definition) is 4. The Morgan fingerprint density at radius 2 is 2.20 bits per heavy atom. The van der Waals surface area contributed by atoms with E-state index in [-0.39, 0.29) is 18.6 Å². The molecule has 0 aliphatic carbocycles. The monoisotopic (exact) mass is 342 g/mol. The maximum Gasteiger partial charge on any atom is 0.272 e. The number of aliphatic hydroxyl groups excluding tert-OH is 1. The van der Waals surface area contributed by atoms with Crippen LogP contribution in [-0.2, 0) is 4.74 Å². The van der Waals surface area contributed by atoms with Crippen LogP contribution in [0.15, 0.2) is 22.8 Å². The third-order valence-corrected chi connectivity index (χ3v) is 3.76. The quantitative estimate of drug-likeness (QED) is 0.655. The molecule has 0 radical (unpaired) electrons. The summed E-state index contributed by atoms with van der Waals surface area (Å²) in [6.45, 7) is 2.13. The fraction of sp³-hybridized carbons (Fsp3) is 0.571. The van der Waals surface area contributed by atoms with Gasteiger partial charge in [-0.3, -0.25) is 4.79 Å². The van der Waals surface area contributed by atoms with Gasteiger partial charge < -0.3 is 14.7 Å².